The third-order valence-corrected chi connectivity index (χ3v) is 5.53. The highest BCUT2D eigenvalue weighted by Crippen LogP contribution is 2.29. The molecule has 0 aromatic heterocycles. The molecule has 178 valence electrons. The SMILES string of the molecule is CO[C@H]1O[C@H](COCc2ccccc2)[C@@H](O)[C@H](OCc2ccccc2)[C@H]1N(C(C)=O)C(C)=O. The Labute approximate surface area is 194 Å². The van der Waals surface area contributed by atoms with Crippen molar-refractivity contribution in [3.8, 4) is 0 Å². The number of ether oxygens (including phenoxy) is 4. The summed E-state index contributed by atoms with van der Waals surface area (Å²) < 4.78 is 23.3. The summed E-state index contributed by atoms with van der Waals surface area (Å²) in [5, 5.41) is 11.2. The number of nitrogens with zero attached hydrogens (tertiary/aromatic N) is 1. The van der Waals surface area contributed by atoms with Crippen LogP contribution >= 0.6 is 0 Å². The minimum absolute atomic E-state index is 0.0774. The van der Waals surface area contributed by atoms with Gasteiger partial charge in [0.15, 0.2) is 6.29 Å². The predicted molar refractivity (Wildman–Crippen MR) is 120 cm³/mol. The van der Waals surface area contributed by atoms with E-state index in [4.69, 9.17) is 18.9 Å². The number of imide groups is 1. The molecule has 33 heavy (non-hydrogen) atoms. The van der Waals surface area contributed by atoms with Gasteiger partial charge in [0.1, 0.15) is 24.4 Å². The molecule has 2 aromatic rings. The van der Waals surface area contributed by atoms with Crippen molar-refractivity contribution in [2.45, 2.75) is 57.7 Å². The van der Waals surface area contributed by atoms with Gasteiger partial charge in [-0.3, -0.25) is 14.5 Å². The lowest BCUT2D eigenvalue weighted by molar-refractivity contribution is -0.287. The lowest BCUT2D eigenvalue weighted by atomic mass is 9.95. The molecule has 0 radical (unpaired) electrons. The second-order valence-corrected chi connectivity index (χ2v) is 7.93. The molecule has 5 atom stereocenters. The number of carbonyl (C=O) groups excluding carboxylic acids is 2. The zero-order chi connectivity index (χ0) is 23.8. The lowest BCUT2D eigenvalue weighted by Gasteiger charge is -2.47. The molecule has 0 bridgehead atoms. The monoisotopic (exact) mass is 457 g/mol. The summed E-state index contributed by atoms with van der Waals surface area (Å²) in [5.41, 5.74) is 1.87. The van der Waals surface area contributed by atoms with Crippen molar-refractivity contribution in [1.29, 1.82) is 0 Å². The average molecular weight is 458 g/mol. The van der Waals surface area contributed by atoms with Crippen LogP contribution in [0.2, 0.25) is 0 Å². The van der Waals surface area contributed by atoms with Crippen LogP contribution < -0.4 is 0 Å². The van der Waals surface area contributed by atoms with Crippen molar-refractivity contribution in [3.63, 3.8) is 0 Å². The van der Waals surface area contributed by atoms with Gasteiger partial charge < -0.3 is 24.1 Å². The molecule has 0 saturated carbocycles. The highest BCUT2D eigenvalue weighted by Gasteiger charge is 2.50. The maximum atomic E-state index is 12.3. The molecule has 2 amide bonds. The van der Waals surface area contributed by atoms with Crippen LogP contribution in [0.1, 0.15) is 25.0 Å². The topological polar surface area (TPSA) is 94.5 Å². The minimum atomic E-state index is -1.16. The van der Waals surface area contributed by atoms with E-state index in [0.29, 0.717) is 6.61 Å². The third-order valence-electron chi connectivity index (χ3n) is 5.53. The van der Waals surface area contributed by atoms with E-state index < -0.39 is 42.5 Å². The largest absolute Gasteiger partial charge is 0.388 e. The van der Waals surface area contributed by atoms with E-state index in [-0.39, 0.29) is 13.2 Å². The Hall–Kier alpha value is -2.62. The Morgan fingerprint density at radius 3 is 2.00 bits per heavy atom. The van der Waals surface area contributed by atoms with Gasteiger partial charge in [-0.1, -0.05) is 60.7 Å². The van der Waals surface area contributed by atoms with E-state index in [1.165, 1.54) is 21.0 Å². The van der Waals surface area contributed by atoms with Crippen LogP contribution in [0.3, 0.4) is 0 Å². The summed E-state index contributed by atoms with van der Waals surface area (Å²) >= 11 is 0. The molecule has 3 rings (SSSR count). The molecule has 1 N–H and O–H groups in total. The van der Waals surface area contributed by atoms with E-state index in [1.54, 1.807) is 0 Å². The molecule has 1 saturated heterocycles. The van der Waals surface area contributed by atoms with Gasteiger partial charge in [-0.15, -0.1) is 0 Å². The first-order chi connectivity index (χ1) is 15.9. The highest BCUT2D eigenvalue weighted by molar-refractivity contribution is 5.93. The smallest absolute Gasteiger partial charge is 0.226 e. The van der Waals surface area contributed by atoms with Crippen LogP contribution in [0.15, 0.2) is 60.7 Å². The molecular weight excluding hydrogens is 426 g/mol. The van der Waals surface area contributed by atoms with Crippen molar-refractivity contribution >= 4 is 11.8 Å². The molecule has 8 heteroatoms. The Morgan fingerprint density at radius 1 is 0.939 bits per heavy atom. The van der Waals surface area contributed by atoms with Gasteiger partial charge in [0, 0.05) is 21.0 Å². The minimum Gasteiger partial charge on any atom is -0.388 e. The van der Waals surface area contributed by atoms with Crippen molar-refractivity contribution in [2.75, 3.05) is 13.7 Å². The second kappa shape index (κ2) is 12.0. The first-order valence-electron chi connectivity index (χ1n) is 10.9. The van der Waals surface area contributed by atoms with Crippen LogP contribution in [0, 0.1) is 0 Å². The summed E-state index contributed by atoms with van der Waals surface area (Å²) in [4.78, 5) is 25.7. The third kappa shape index (κ3) is 6.46. The number of amides is 2. The number of hydrogen-bond donors (Lipinski definition) is 1. The van der Waals surface area contributed by atoms with E-state index in [9.17, 15) is 14.7 Å². The molecular formula is C25H31NO7. The van der Waals surface area contributed by atoms with E-state index in [2.05, 4.69) is 0 Å². The Morgan fingerprint density at radius 2 is 1.48 bits per heavy atom. The molecule has 1 aliphatic rings. The van der Waals surface area contributed by atoms with Crippen LogP contribution in [-0.2, 0) is 41.8 Å². The maximum Gasteiger partial charge on any atom is 0.226 e. The van der Waals surface area contributed by atoms with Crippen LogP contribution in [0.4, 0.5) is 0 Å². The first-order valence-corrected chi connectivity index (χ1v) is 10.9. The number of aliphatic hydroxyl groups is 1. The molecule has 1 heterocycles. The Kier molecular flexibility index (Phi) is 9.11. The fraction of sp³-hybridized carbons (Fsp3) is 0.440. The standard InChI is InChI=1S/C25H31NO7/c1-17(27)26(18(2)28)22-24(32-15-20-12-8-5-9-13-20)23(29)21(33-25(22)30-3)16-31-14-19-10-6-4-7-11-19/h4-13,21-25,29H,14-16H2,1-3H3/t21-,22-,23-,24-,25+/m1/s1. The fourth-order valence-corrected chi connectivity index (χ4v) is 3.98. The average Bonchev–Trinajstić information content (AvgIpc) is 2.81. The van der Waals surface area contributed by atoms with Crippen LogP contribution in [0.5, 0.6) is 0 Å². The van der Waals surface area contributed by atoms with Gasteiger partial charge in [-0.25, -0.2) is 0 Å². The van der Waals surface area contributed by atoms with E-state index in [1.807, 2.05) is 60.7 Å². The zero-order valence-electron chi connectivity index (χ0n) is 19.1. The van der Waals surface area contributed by atoms with Crippen molar-refractivity contribution in [3.05, 3.63) is 71.8 Å². The molecule has 8 nitrogen and oxygen atoms in total. The van der Waals surface area contributed by atoms with Gasteiger partial charge in [-0.2, -0.15) is 0 Å². The number of rotatable bonds is 9. The highest BCUT2D eigenvalue weighted by atomic mass is 16.7. The van der Waals surface area contributed by atoms with Crippen LogP contribution in [-0.4, -0.2) is 66.2 Å². The molecule has 2 aromatic carbocycles. The number of methoxy groups -OCH3 is 1. The van der Waals surface area contributed by atoms with Gasteiger partial charge >= 0.3 is 0 Å². The van der Waals surface area contributed by atoms with E-state index in [0.717, 1.165) is 16.0 Å². The Balaban J connectivity index is 1.79. The quantitative estimate of drug-likeness (QED) is 0.617. The molecule has 0 aliphatic carbocycles. The molecule has 1 aliphatic heterocycles. The van der Waals surface area contributed by atoms with Crippen LogP contribution in [0.25, 0.3) is 0 Å². The lowest BCUT2D eigenvalue weighted by Crippen LogP contribution is -2.66. The normalized spacial score (nSPS) is 24.9. The van der Waals surface area contributed by atoms with Gasteiger partial charge in [0.05, 0.1) is 19.8 Å². The molecule has 0 spiro atoms. The number of benzene rings is 2. The van der Waals surface area contributed by atoms with Crippen molar-refractivity contribution < 1.29 is 33.6 Å². The maximum absolute atomic E-state index is 12.3. The second-order valence-electron chi connectivity index (χ2n) is 7.93. The summed E-state index contributed by atoms with van der Waals surface area (Å²) in [7, 11) is 1.42. The summed E-state index contributed by atoms with van der Waals surface area (Å²) in [6, 6.07) is 18.1. The van der Waals surface area contributed by atoms with Crippen molar-refractivity contribution in [1.82, 2.24) is 4.90 Å². The predicted octanol–water partition coefficient (Wildman–Crippen LogP) is 2.28. The summed E-state index contributed by atoms with van der Waals surface area (Å²) in [6.07, 6.45) is -3.88. The summed E-state index contributed by atoms with van der Waals surface area (Å²) in [5.74, 6) is -0.977. The van der Waals surface area contributed by atoms with Gasteiger partial charge in [0.2, 0.25) is 11.8 Å². The van der Waals surface area contributed by atoms with Gasteiger partial charge in [-0.05, 0) is 11.1 Å². The molecule has 0 unspecified atom stereocenters. The number of carbonyl (C=O) groups is 2. The van der Waals surface area contributed by atoms with E-state index >= 15 is 0 Å². The first kappa shape index (κ1) is 25.0. The van der Waals surface area contributed by atoms with Gasteiger partial charge in [0.25, 0.3) is 0 Å². The number of hydrogen-bond acceptors (Lipinski definition) is 7. The fourth-order valence-electron chi connectivity index (χ4n) is 3.98. The molecule has 1 fully saturated rings. The summed E-state index contributed by atoms with van der Waals surface area (Å²) in [6.45, 7) is 3.16. The number of aliphatic hydroxyl groups excluding tert-OH is 1. The zero-order valence-corrected chi connectivity index (χ0v) is 19.1. The van der Waals surface area contributed by atoms with Crippen molar-refractivity contribution in [2.24, 2.45) is 0 Å². The Bertz CT molecular complexity index is 878.